The number of aromatic nitrogens is 2. The van der Waals surface area contributed by atoms with Gasteiger partial charge in [0.25, 0.3) is 0 Å². The number of phenolic OH excluding ortho intramolecular Hbond substituents is 1. The Morgan fingerprint density at radius 2 is 2.16 bits per heavy atom. The first-order valence-electron chi connectivity index (χ1n) is 11.5. The van der Waals surface area contributed by atoms with E-state index in [1.54, 1.807) is 6.07 Å². The number of ether oxygens (including phenoxy) is 1. The van der Waals surface area contributed by atoms with Crippen molar-refractivity contribution in [3.05, 3.63) is 52.8 Å². The van der Waals surface area contributed by atoms with Crippen molar-refractivity contribution in [2.24, 2.45) is 5.92 Å². The molecule has 0 amide bonds. The molecule has 2 aromatic heterocycles. The molecule has 3 aromatic rings. The third kappa shape index (κ3) is 1.83. The third-order valence-corrected chi connectivity index (χ3v) is 8.91. The van der Waals surface area contributed by atoms with Crippen LogP contribution in [0.2, 0.25) is 0 Å². The fraction of sp³-hybridized carbons (Fsp3) is 0.480. The van der Waals surface area contributed by atoms with Crippen molar-refractivity contribution in [1.29, 1.82) is 0 Å². The van der Waals surface area contributed by atoms with Gasteiger partial charge in [-0.2, -0.15) is 0 Å². The van der Waals surface area contributed by atoms with Gasteiger partial charge in [0.05, 0.1) is 27.7 Å². The van der Waals surface area contributed by atoms with Crippen molar-refractivity contribution in [3.8, 4) is 11.5 Å². The number of fused-ring (bicyclic) bond motifs is 4. The van der Waals surface area contributed by atoms with E-state index in [1.807, 2.05) is 18.3 Å². The standard InChI is InChI=1S/C25H25N3O3/c29-17-6-5-14-10-18-25(30)11-15-20-16(2-1-8-26-20)27-21(15)23-24(25,19(14)22(17)31-23)7-9-28(18)12-13-3-4-13/h1-2,5-6,8,13,18,23,27,29-30H,3-4,7,9-12H2/t18?,23-,24-,25+/m0/s1. The Kier molecular flexibility index (Phi) is 2.88. The number of piperidine rings is 1. The quantitative estimate of drug-likeness (QED) is 0.600. The molecule has 5 aliphatic rings. The van der Waals surface area contributed by atoms with E-state index >= 15 is 0 Å². The summed E-state index contributed by atoms with van der Waals surface area (Å²) in [7, 11) is 0. The van der Waals surface area contributed by atoms with Crippen molar-refractivity contribution in [2.45, 2.75) is 55.3 Å². The lowest BCUT2D eigenvalue weighted by molar-refractivity contribution is -0.173. The molecule has 0 radical (unpaired) electrons. The molecule has 2 bridgehead atoms. The molecule has 3 N–H and O–H groups in total. The maximum absolute atomic E-state index is 12.7. The van der Waals surface area contributed by atoms with Crippen LogP contribution in [0.25, 0.3) is 11.0 Å². The van der Waals surface area contributed by atoms with Gasteiger partial charge >= 0.3 is 0 Å². The minimum atomic E-state index is -0.948. The summed E-state index contributed by atoms with van der Waals surface area (Å²) in [5.41, 5.74) is 4.82. The number of nitrogens with one attached hydrogen (secondary N) is 1. The first-order valence-corrected chi connectivity index (χ1v) is 11.5. The van der Waals surface area contributed by atoms with Crippen LogP contribution in [-0.2, 0) is 18.3 Å². The maximum atomic E-state index is 12.7. The molecule has 31 heavy (non-hydrogen) atoms. The summed E-state index contributed by atoms with van der Waals surface area (Å²) in [6.07, 6.45) is 6.31. The van der Waals surface area contributed by atoms with Gasteiger partial charge in [0.15, 0.2) is 17.6 Å². The van der Waals surface area contributed by atoms with Gasteiger partial charge in [-0.25, -0.2) is 0 Å². The highest BCUT2D eigenvalue weighted by Crippen LogP contribution is 2.69. The predicted molar refractivity (Wildman–Crippen MR) is 114 cm³/mol. The summed E-state index contributed by atoms with van der Waals surface area (Å²) in [4.78, 5) is 10.8. The number of pyridine rings is 1. The highest BCUT2D eigenvalue weighted by Gasteiger charge is 2.72. The third-order valence-electron chi connectivity index (χ3n) is 8.91. The molecule has 3 aliphatic carbocycles. The first kappa shape index (κ1) is 17.0. The fourth-order valence-corrected chi connectivity index (χ4v) is 7.44. The Labute approximate surface area is 179 Å². The lowest BCUT2D eigenvalue weighted by atomic mass is 9.49. The number of phenols is 1. The van der Waals surface area contributed by atoms with Crippen LogP contribution >= 0.6 is 0 Å². The van der Waals surface area contributed by atoms with E-state index in [4.69, 9.17) is 4.74 Å². The van der Waals surface area contributed by atoms with Gasteiger partial charge in [-0.3, -0.25) is 9.88 Å². The molecule has 6 nitrogen and oxygen atoms in total. The summed E-state index contributed by atoms with van der Waals surface area (Å²) < 4.78 is 6.57. The van der Waals surface area contributed by atoms with E-state index in [0.717, 1.165) is 59.7 Å². The van der Waals surface area contributed by atoms with Gasteiger partial charge in [-0.1, -0.05) is 6.07 Å². The van der Waals surface area contributed by atoms with Crippen molar-refractivity contribution < 1.29 is 14.9 Å². The van der Waals surface area contributed by atoms with E-state index in [2.05, 4.69) is 20.9 Å². The zero-order valence-corrected chi connectivity index (χ0v) is 17.3. The van der Waals surface area contributed by atoms with Crippen molar-refractivity contribution >= 4 is 11.0 Å². The number of aromatic hydroxyl groups is 1. The predicted octanol–water partition coefficient (Wildman–Crippen LogP) is 2.97. The van der Waals surface area contributed by atoms with Crippen LogP contribution in [0.3, 0.4) is 0 Å². The summed E-state index contributed by atoms with van der Waals surface area (Å²) in [6, 6.07) is 7.85. The SMILES string of the molecule is Oc1ccc2c3c1O[C@H]1c4[nH]c5cccnc5c4C[C@@]4(O)C(C2)N(CC2CC2)CC[C@]314. The molecule has 158 valence electrons. The molecule has 1 saturated heterocycles. The topological polar surface area (TPSA) is 81.6 Å². The van der Waals surface area contributed by atoms with Crippen LogP contribution in [-0.4, -0.2) is 49.8 Å². The first-order chi connectivity index (χ1) is 15.1. The fourth-order valence-electron chi connectivity index (χ4n) is 7.44. The zero-order chi connectivity index (χ0) is 20.5. The van der Waals surface area contributed by atoms with Crippen molar-refractivity contribution in [2.75, 3.05) is 13.1 Å². The smallest absolute Gasteiger partial charge is 0.166 e. The van der Waals surface area contributed by atoms with E-state index in [-0.39, 0.29) is 17.9 Å². The van der Waals surface area contributed by atoms with Crippen LogP contribution in [0.15, 0.2) is 30.5 Å². The van der Waals surface area contributed by atoms with Gasteiger partial charge in [-0.05, 0) is 61.9 Å². The molecule has 2 fully saturated rings. The molecule has 1 spiro atoms. The molecular weight excluding hydrogens is 390 g/mol. The average Bonchev–Trinajstić information content (AvgIpc) is 3.40. The number of aromatic amines is 1. The molecule has 4 heterocycles. The highest BCUT2D eigenvalue weighted by atomic mass is 16.5. The minimum absolute atomic E-state index is 0.0535. The Morgan fingerprint density at radius 3 is 3.03 bits per heavy atom. The summed E-state index contributed by atoms with van der Waals surface area (Å²) in [5, 5.41) is 23.4. The van der Waals surface area contributed by atoms with Crippen LogP contribution < -0.4 is 4.74 Å². The molecule has 4 atom stereocenters. The van der Waals surface area contributed by atoms with E-state index in [1.165, 1.54) is 18.4 Å². The molecule has 1 unspecified atom stereocenters. The number of hydrogen-bond acceptors (Lipinski definition) is 5. The summed E-state index contributed by atoms with van der Waals surface area (Å²) >= 11 is 0. The van der Waals surface area contributed by atoms with Gasteiger partial charge < -0.3 is 19.9 Å². The molecule has 1 saturated carbocycles. The Morgan fingerprint density at radius 1 is 1.26 bits per heavy atom. The number of aliphatic hydroxyl groups is 1. The largest absolute Gasteiger partial charge is 0.504 e. The molecule has 6 heteroatoms. The lowest BCUT2D eigenvalue weighted by Crippen LogP contribution is -2.74. The Bertz CT molecular complexity index is 1280. The molecule has 8 rings (SSSR count). The Balaban J connectivity index is 1.43. The minimum Gasteiger partial charge on any atom is -0.504 e. The van der Waals surface area contributed by atoms with Crippen molar-refractivity contribution in [3.63, 3.8) is 0 Å². The molecular formula is C25H25N3O3. The maximum Gasteiger partial charge on any atom is 0.166 e. The van der Waals surface area contributed by atoms with Gasteiger partial charge in [0, 0.05) is 36.3 Å². The second-order valence-electron chi connectivity index (χ2n) is 10.3. The van der Waals surface area contributed by atoms with Gasteiger partial charge in [0.1, 0.15) is 0 Å². The number of hydrogen-bond donors (Lipinski definition) is 3. The lowest BCUT2D eigenvalue weighted by Gasteiger charge is -2.62. The monoisotopic (exact) mass is 415 g/mol. The van der Waals surface area contributed by atoms with Crippen molar-refractivity contribution in [1.82, 2.24) is 14.9 Å². The average molecular weight is 415 g/mol. The molecule has 1 aromatic carbocycles. The number of benzene rings is 1. The van der Waals surface area contributed by atoms with Crippen LogP contribution in [0.1, 0.15) is 47.8 Å². The second-order valence-corrected chi connectivity index (χ2v) is 10.3. The highest BCUT2D eigenvalue weighted by molar-refractivity contribution is 5.82. The number of rotatable bonds is 2. The normalized spacial score (nSPS) is 35.0. The van der Waals surface area contributed by atoms with Gasteiger partial charge in [-0.15, -0.1) is 0 Å². The number of H-pyrrole nitrogens is 1. The number of likely N-dealkylation sites (tertiary alicyclic amines) is 1. The Hall–Kier alpha value is -2.57. The second kappa shape index (κ2) is 5.25. The zero-order valence-electron chi connectivity index (χ0n) is 17.3. The number of nitrogens with zero attached hydrogens (tertiary/aromatic N) is 2. The summed E-state index contributed by atoms with van der Waals surface area (Å²) in [5.74, 6) is 1.54. The van der Waals surface area contributed by atoms with Crippen LogP contribution in [0, 0.1) is 5.92 Å². The van der Waals surface area contributed by atoms with Crippen LogP contribution in [0.4, 0.5) is 0 Å². The van der Waals surface area contributed by atoms with Gasteiger partial charge in [0.2, 0.25) is 0 Å². The van der Waals surface area contributed by atoms with E-state index in [0.29, 0.717) is 12.2 Å². The van der Waals surface area contributed by atoms with E-state index < -0.39 is 11.0 Å². The molecule has 2 aliphatic heterocycles. The van der Waals surface area contributed by atoms with E-state index in [9.17, 15) is 10.2 Å². The van der Waals surface area contributed by atoms with Crippen LogP contribution in [0.5, 0.6) is 11.5 Å². The summed E-state index contributed by atoms with van der Waals surface area (Å²) in [6.45, 7) is 2.04.